The smallest absolute Gasteiger partial charge is 0.129 e. The second kappa shape index (κ2) is 5.26. The normalized spacial score (nSPS) is 10.8. The van der Waals surface area contributed by atoms with Crippen molar-refractivity contribution < 1.29 is 0 Å². The van der Waals surface area contributed by atoms with E-state index in [0.717, 1.165) is 22.4 Å². The number of nitrogen functional groups attached to an aromatic ring is 1. The number of rotatable bonds is 2. The monoisotopic (exact) mass is 297 g/mol. The van der Waals surface area contributed by atoms with Crippen molar-refractivity contribution in [3.05, 3.63) is 59.1 Å². The van der Waals surface area contributed by atoms with Crippen LogP contribution in [0.3, 0.4) is 0 Å². The molecule has 0 aliphatic rings. The molecule has 0 aliphatic heterocycles. The van der Waals surface area contributed by atoms with Gasteiger partial charge in [-0.15, -0.1) is 0 Å². The van der Waals surface area contributed by atoms with E-state index in [2.05, 4.69) is 36.3 Å². The number of nitrogens with zero attached hydrogens (tertiary/aromatic N) is 2. The first-order chi connectivity index (χ1) is 10.1. The molecule has 2 N–H and O–H groups in total. The van der Waals surface area contributed by atoms with Crippen LogP contribution in [0.1, 0.15) is 5.56 Å². The molecule has 0 aliphatic carbocycles. The Balaban J connectivity index is 2.20. The van der Waals surface area contributed by atoms with Gasteiger partial charge in [0.1, 0.15) is 11.5 Å². The number of benzene rings is 2. The number of hydrogen-bond acceptors (Lipinski definition) is 2. The van der Waals surface area contributed by atoms with Gasteiger partial charge in [0.2, 0.25) is 0 Å². The molecule has 3 nitrogen and oxygen atoms in total. The number of aromatic nitrogens is 2. The summed E-state index contributed by atoms with van der Waals surface area (Å²) in [5, 5.41) is 5.27. The van der Waals surface area contributed by atoms with Gasteiger partial charge in [-0.3, -0.25) is 4.68 Å². The Morgan fingerprint density at radius 1 is 0.952 bits per heavy atom. The van der Waals surface area contributed by atoms with Gasteiger partial charge in [0.05, 0.1) is 5.56 Å². The maximum absolute atomic E-state index is 6.22. The molecule has 0 fully saturated rings. The van der Waals surface area contributed by atoms with E-state index in [1.807, 2.05) is 31.3 Å². The summed E-state index contributed by atoms with van der Waals surface area (Å²) in [6.07, 6.45) is 0. The zero-order valence-corrected chi connectivity index (χ0v) is 12.7. The molecule has 0 saturated carbocycles. The summed E-state index contributed by atoms with van der Waals surface area (Å²) in [4.78, 5) is 0. The van der Waals surface area contributed by atoms with Gasteiger partial charge in [-0.05, 0) is 24.6 Å². The van der Waals surface area contributed by atoms with Gasteiger partial charge in [0.25, 0.3) is 0 Å². The molecule has 21 heavy (non-hydrogen) atoms. The Hall–Kier alpha value is -2.26. The van der Waals surface area contributed by atoms with Crippen LogP contribution in [0.25, 0.3) is 22.4 Å². The highest BCUT2D eigenvalue weighted by molar-refractivity contribution is 6.30. The third-order valence-electron chi connectivity index (χ3n) is 3.55. The molecule has 1 aromatic heterocycles. The molecule has 0 amide bonds. The zero-order valence-electron chi connectivity index (χ0n) is 12.0. The van der Waals surface area contributed by atoms with Gasteiger partial charge in [-0.25, -0.2) is 0 Å². The minimum Gasteiger partial charge on any atom is -0.383 e. The molecule has 0 radical (unpaired) electrons. The van der Waals surface area contributed by atoms with Crippen LogP contribution in [0.2, 0.25) is 5.02 Å². The molecule has 3 rings (SSSR count). The second-order valence-electron chi connectivity index (χ2n) is 5.11. The fourth-order valence-electron chi connectivity index (χ4n) is 2.35. The van der Waals surface area contributed by atoms with Crippen LogP contribution in [0.4, 0.5) is 5.82 Å². The second-order valence-corrected chi connectivity index (χ2v) is 5.54. The molecule has 2 aromatic carbocycles. The van der Waals surface area contributed by atoms with E-state index in [0.29, 0.717) is 10.8 Å². The lowest BCUT2D eigenvalue weighted by molar-refractivity contribution is 0.782. The first kappa shape index (κ1) is 13.7. The molecule has 0 bridgehead atoms. The van der Waals surface area contributed by atoms with Crippen LogP contribution in [-0.4, -0.2) is 9.78 Å². The largest absolute Gasteiger partial charge is 0.383 e. The summed E-state index contributed by atoms with van der Waals surface area (Å²) in [6.45, 7) is 2.07. The first-order valence-electron chi connectivity index (χ1n) is 6.71. The maximum Gasteiger partial charge on any atom is 0.129 e. The van der Waals surface area contributed by atoms with Crippen LogP contribution >= 0.6 is 11.6 Å². The Bertz CT molecular complexity index is 771. The van der Waals surface area contributed by atoms with Crippen molar-refractivity contribution in [2.75, 3.05) is 5.73 Å². The van der Waals surface area contributed by atoms with Gasteiger partial charge < -0.3 is 5.73 Å². The summed E-state index contributed by atoms with van der Waals surface area (Å²) < 4.78 is 1.71. The van der Waals surface area contributed by atoms with Crippen molar-refractivity contribution in [3.63, 3.8) is 0 Å². The fraction of sp³-hybridized carbons (Fsp3) is 0.118. The Morgan fingerprint density at radius 3 is 2.14 bits per heavy atom. The predicted octanol–water partition coefficient (Wildman–Crippen LogP) is 4.30. The standard InChI is InChI=1S/C17H16ClN3/c1-11-3-5-12(6-4-11)15-16(20-21(2)17(15)19)13-7-9-14(18)10-8-13/h3-10H,19H2,1-2H3. The molecule has 106 valence electrons. The number of nitrogens with two attached hydrogens (primary N) is 1. The van der Waals surface area contributed by atoms with Gasteiger partial charge in [0.15, 0.2) is 0 Å². The Morgan fingerprint density at radius 2 is 1.52 bits per heavy atom. The average Bonchev–Trinajstić information content (AvgIpc) is 2.77. The molecular formula is C17H16ClN3. The summed E-state index contributed by atoms with van der Waals surface area (Å²) in [5.74, 6) is 0.656. The lowest BCUT2D eigenvalue weighted by Gasteiger charge is -2.05. The minimum atomic E-state index is 0.656. The topological polar surface area (TPSA) is 43.8 Å². The highest BCUT2D eigenvalue weighted by Gasteiger charge is 2.17. The highest BCUT2D eigenvalue weighted by atomic mass is 35.5. The zero-order chi connectivity index (χ0) is 15.0. The predicted molar refractivity (Wildman–Crippen MR) is 88.2 cm³/mol. The maximum atomic E-state index is 6.22. The lowest BCUT2D eigenvalue weighted by atomic mass is 10.00. The third kappa shape index (κ3) is 2.52. The first-order valence-corrected chi connectivity index (χ1v) is 7.09. The van der Waals surface area contributed by atoms with E-state index in [-0.39, 0.29) is 0 Å². The number of anilines is 1. The molecular weight excluding hydrogens is 282 g/mol. The molecule has 0 saturated heterocycles. The van der Waals surface area contributed by atoms with Crippen LogP contribution in [0.5, 0.6) is 0 Å². The van der Waals surface area contributed by atoms with E-state index >= 15 is 0 Å². The number of halogens is 1. The van der Waals surface area contributed by atoms with Crippen molar-refractivity contribution >= 4 is 17.4 Å². The minimum absolute atomic E-state index is 0.656. The Kier molecular flexibility index (Phi) is 3.43. The van der Waals surface area contributed by atoms with E-state index in [4.69, 9.17) is 17.3 Å². The quantitative estimate of drug-likeness (QED) is 0.766. The number of aryl methyl sites for hydroxylation is 2. The van der Waals surface area contributed by atoms with Crippen molar-refractivity contribution in [1.29, 1.82) is 0 Å². The average molecular weight is 298 g/mol. The van der Waals surface area contributed by atoms with Crippen LogP contribution in [0.15, 0.2) is 48.5 Å². The van der Waals surface area contributed by atoms with E-state index in [1.165, 1.54) is 5.56 Å². The lowest BCUT2D eigenvalue weighted by Crippen LogP contribution is -1.97. The summed E-state index contributed by atoms with van der Waals surface area (Å²) in [6, 6.07) is 15.9. The van der Waals surface area contributed by atoms with Crippen molar-refractivity contribution in [1.82, 2.24) is 9.78 Å². The van der Waals surface area contributed by atoms with E-state index in [9.17, 15) is 0 Å². The molecule has 0 atom stereocenters. The summed E-state index contributed by atoms with van der Waals surface area (Å²) in [5.41, 5.74) is 11.3. The fourth-order valence-corrected chi connectivity index (χ4v) is 2.48. The van der Waals surface area contributed by atoms with Crippen molar-refractivity contribution in [3.8, 4) is 22.4 Å². The Labute approximate surface area is 129 Å². The summed E-state index contributed by atoms with van der Waals surface area (Å²) >= 11 is 5.96. The molecule has 0 spiro atoms. The number of hydrogen-bond donors (Lipinski definition) is 1. The molecule has 4 heteroatoms. The molecule has 0 unspecified atom stereocenters. The van der Waals surface area contributed by atoms with Gasteiger partial charge in [-0.1, -0.05) is 53.6 Å². The van der Waals surface area contributed by atoms with Gasteiger partial charge >= 0.3 is 0 Å². The summed E-state index contributed by atoms with van der Waals surface area (Å²) in [7, 11) is 1.85. The van der Waals surface area contributed by atoms with Crippen LogP contribution < -0.4 is 5.73 Å². The highest BCUT2D eigenvalue weighted by Crippen LogP contribution is 2.36. The van der Waals surface area contributed by atoms with Gasteiger partial charge in [-0.2, -0.15) is 5.10 Å². The van der Waals surface area contributed by atoms with Crippen molar-refractivity contribution in [2.45, 2.75) is 6.92 Å². The third-order valence-corrected chi connectivity index (χ3v) is 3.80. The SMILES string of the molecule is Cc1ccc(-c2c(-c3ccc(Cl)cc3)nn(C)c2N)cc1. The van der Waals surface area contributed by atoms with Crippen LogP contribution in [-0.2, 0) is 7.05 Å². The molecule has 1 heterocycles. The van der Waals surface area contributed by atoms with E-state index < -0.39 is 0 Å². The van der Waals surface area contributed by atoms with Crippen LogP contribution in [0, 0.1) is 6.92 Å². The van der Waals surface area contributed by atoms with Crippen molar-refractivity contribution in [2.24, 2.45) is 7.05 Å². The molecule has 3 aromatic rings. The van der Waals surface area contributed by atoms with Gasteiger partial charge in [0, 0.05) is 17.6 Å². The van der Waals surface area contributed by atoms with E-state index in [1.54, 1.807) is 4.68 Å².